The van der Waals surface area contributed by atoms with Crippen molar-refractivity contribution in [1.29, 1.82) is 0 Å². The molecule has 0 unspecified atom stereocenters. The van der Waals surface area contributed by atoms with Gasteiger partial charge in [-0.2, -0.15) is 0 Å². The third-order valence-electron chi connectivity index (χ3n) is 7.69. The normalized spacial score (nSPS) is 24.3. The summed E-state index contributed by atoms with van der Waals surface area (Å²) < 4.78 is 11.8. The first kappa shape index (κ1) is 26.3. The Bertz CT molecular complexity index is 1180. The van der Waals surface area contributed by atoms with Crippen LogP contribution in [0.25, 0.3) is 0 Å². The van der Waals surface area contributed by atoms with Gasteiger partial charge in [-0.05, 0) is 61.8 Å². The van der Waals surface area contributed by atoms with Gasteiger partial charge in [0.1, 0.15) is 0 Å². The van der Waals surface area contributed by atoms with Crippen LogP contribution >= 0.6 is 0 Å². The number of carbonyl (C=O) groups is 2. The Morgan fingerprint density at radius 2 is 1.11 bits per heavy atom. The van der Waals surface area contributed by atoms with Crippen LogP contribution in [0.15, 0.2) is 84.9 Å². The van der Waals surface area contributed by atoms with Crippen molar-refractivity contribution in [3.63, 3.8) is 0 Å². The Labute approximate surface area is 224 Å². The molecule has 6 rings (SSSR count). The lowest BCUT2D eigenvalue weighted by Crippen LogP contribution is -2.45. The second-order valence-electron chi connectivity index (χ2n) is 10.3. The van der Waals surface area contributed by atoms with Crippen LogP contribution < -0.4 is 5.73 Å². The molecule has 198 valence electrons. The van der Waals surface area contributed by atoms with Crippen molar-refractivity contribution in [2.75, 3.05) is 0 Å². The number of ether oxygens (including phenoxy) is 2. The highest BCUT2D eigenvalue weighted by atomic mass is 16.5. The molecule has 0 spiro atoms. The number of nitrogens with two attached hydrogens (primary N) is 1. The SMILES string of the molecule is N[C@H]1CCC[C@H]1OCc1ccccc1.O=C1c2ccccc2C(=O)N1[C@H]1CCC[C@H]1OCc1ccccc1. The molecule has 6 nitrogen and oxygen atoms in total. The number of hydrogen-bond acceptors (Lipinski definition) is 5. The van der Waals surface area contributed by atoms with Crippen LogP contribution in [0.5, 0.6) is 0 Å². The molecule has 2 N–H and O–H groups in total. The van der Waals surface area contributed by atoms with E-state index in [1.54, 1.807) is 24.3 Å². The third-order valence-corrected chi connectivity index (χ3v) is 7.69. The fourth-order valence-corrected chi connectivity index (χ4v) is 5.62. The smallest absolute Gasteiger partial charge is 0.261 e. The van der Waals surface area contributed by atoms with E-state index in [-0.39, 0.29) is 36.1 Å². The minimum Gasteiger partial charge on any atom is -0.372 e. The lowest BCUT2D eigenvalue weighted by molar-refractivity contribution is -0.000760. The second kappa shape index (κ2) is 12.5. The van der Waals surface area contributed by atoms with Crippen molar-refractivity contribution < 1.29 is 19.1 Å². The van der Waals surface area contributed by atoms with E-state index in [1.807, 2.05) is 48.5 Å². The first-order chi connectivity index (χ1) is 18.6. The summed E-state index contributed by atoms with van der Waals surface area (Å²) >= 11 is 0. The summed E-state index contributed by atoms with van der Waals surface area (Å²) in [6.45, 7) is 1.20. The summed E-state index contributed by atoms with van der Waals surface area (Å²) in [5.74, 6) is -0.369. The highest BCUT2D eigenvalue weighted by Crippen LogP contribution is 2.33. The van der Waals surface area contributed by atoms with Gasteiger partial charge in [-0.15, -0.1) is 0 Å². The van der Waals surface area contributed by atoms with Gasteiger partial charge in [-0.3, -0.25) is 14.5 Å². The maximum absolute atomic E-state index is 12.7. The molecule has 0 saturated heterocycles. The van der Waals surface area contributed by atoms with Gasteiger partial charge in [0.25, 0.3) is 11.8 Å². The number of nitrogens with zero attached hydrogens (tertiary/aromatic N) is 1. The van der Waals surface area contributed by atoms with Crippen LogP contribution in [0.1, 0.15) is 70.4 Å². The molecule has 1 aliphatic heterocycles. The summed E-state index contributed by atoms with van der Waals surface area (Å²) in [7, 11) is 0. The lowest BCUT2D eigenvalue weighted by atomic mass is 10.1. The van der Waals surface area contributed by atoms with Crippen LogP contribution in [0.2, 0.25) is 0 Å². The lowest BCUT2D eigenvalue weighted by Gasteiger charge is -2.28. The van der Waals surface area contributed by atoms with E-state index in [0.717, 1.165) is 37.7 Å². The van der Waals surface area contributed by atoms with Gasteiger partial charge in [0.2, 0.25) is 0 Å². The summed E-state index contributed by atoms with van der Waals surface area (Å²) in [6.07, 6.45) is 6.28. The number of carbonyl (C=O) groups excluding carboxylic acids is 2. The molecule has 2 amide bonds. The summed E-state index contributed by atoms with van der Waals surface area (Å²) in [6, 6.07) is 27.4. The first-order valence-electron chi connectivity index (χ1n) is 13.7. The van der Waals surface area contributed by atoms with Gasteiger partial charge < -0.3 is 15.2 Å². The highest BCUT2D eigenvalue weighted by molar-refractivity contribution is 6.21. The summed E-state index contributed by atoms with van der Waals surface area (Å²) in [5.41, 5.74) is 9.27. The van der Waals surface area contributed by atoms with E-state index in [2.05, 4.69) is 12.1 Å². The van der Waals surface area contributed by atoms with Crippen LogP contribution in [0.3, 0.4) is 0 Å². The van der Waals surface area contributed by atoms with Crippen LogP contribution in [-0.4, -0.2) is 41.0 Å². The van der Waals surface area contributed by atoms with E-state index < -0.39 is 0 Å². The topological polar surface area (TPSA) is 81.9 Å². The highest BCUT2D eigenvalue weighted by Gasteiger charge is 2.44. The molecular weight excluding hydrogens is 476 g/mol. The Morgan fingerprint density at radius 1 is 0.632 bits per heavy atom. The van der Waals surface area contributed by atoms with Crippen molar-refractivity contribution in [2.45, 2.75) is 76.0 Å². The minimum atomic E-state index is -0.184. The Balaban J connectivity index is 0.000000179. The maximum Gasteiger partial charge on any atom is 0.261 e. The Morgan fingerprint density at radius 3 is 1.63 bits per heavy atom. The number of rotatable bonds is 7. The number of imide groups is 1. The zero-order valence-electron chi connectivity index (χ0n) is 21.7. The average molecular weight is 513 g/mol. The van der Waals surface area contributed by atoms with Crippen molar-refractivity contribution in [2.24, 2.45) is 5.73 Å². The number of fused-ring (bicyclic) bond motifs is 1. The van der Waals surface area contributed by atoms with Crippen molar-refractivity contribution in [3.8, 4) is 0 Å². The van der Waals surface area contributed by atoms with Crippen LogP contribution in [0.4, 0.5) is 0 Å². The minimum absolute atomic E-state index is 0.0904. The second-order valence-corrected chi connectivity index (χ2v) is 10.3. The van der Waals surface area contributed by atoms with Gasteiger partial charge >= 0.3 is 0 Å². The fourth-order valence-electron chi connectivity index (χ4n) is 5.62. The molecule has 1 heterocycles. The largest absolute Gasteiger partial charge is 0.372 e. The average Bonchev–Trinajstić information content (AvgIpc) is 3.66. The Hall–Kier alpha value is -3.32. The molecule has 2 aliphatic carbocycles. The van der Waals surface area contributed by atoms with Crippen LogP contribution in [0, 0.1) is 0 Å². The molecule has 2 fully saturated rings. The Kier molecular flexibility index (Phi) is 8.64. The van der Waals surface area contributed by atoms with Gasteiger partial charge in [0.05, 0.1) is 42.6 Å². The number of benzene rings is 3. The number of amides is 2. The van der Waals surface area contributed by atoms with Gasteiger partial charge in [0.15, 0.2) is 0 Å². The molecule has 0 radical (unpaired) electrons. The van der Waals surface area contributed by atoms with Gasteiger partial charge in [0, 0.05) is 6.04 Å². The van der Waals surface area contributed by atoms with Crippen LogP contribution in [-0.2, 0) is 22.7 Å². The molecule has 0 aromatic heterocycles. The van der Waals surface area contributed by atoms with E-state index in [9.17, 15) is 9.59 Å². The fraction of sp³-hybridized carbons (Fsp3) is 0.375. The zero-order chi connectivity index (χ0) is 26.3. The predicted molar refractivity (Wildman–Crippen MR) is 146 cm³/mol. The first-order valence-corrected chi connectivity index (χ1v) is 13.7. The summed E-state index contributed by atoms with van der Waals surface area (Å²) in [5, 5.41) is 0. The maximum atomic E-state index is 12.7. The standard InChI is InChI=1S/C20H19NO3.C12H17NO/c22-19-15-9-4-5-10-16(15)20(23)21(19)17-11-6-12-18(17)24-13-14-7-2-1-3-8-14;13-11-7-4-8-12(11)14-9-10-5-2-1-3-6-10/h1-5,7-10,17-18H,6,11-13H2;1-3,5-6,11-12H,4,7-9,13H2/t17-,18+;11-,12+/m00/s1. The van der Waals surface area contributed by atoms with E-state index >= 15 is 0 Å². The third kappa shape index (κ3) is 6.04. The quantitative estimate of drug-likeness (QED) is 0.423. The molecule has 3 aromatic rings. The molecular formula is C32H36N2O4. The zero-order valence-corrected chi connectivity index (χ0v) is 21.7. The van der Waals surface area contributed by atoms with E-state index in [4.69, 9.17) is 15.2 Å². The molecule has 2 saturated carbocycles. The molecule has 3 aromatic carbocycles. The molecule has 3 aliphatic rings. The predicted octanol–water partition coefficient (Wildman–Crippen LogP) is 5.50. The van der Waals surface area contributed by atoms with Crippen molar-refractivity contribution in [3.05, 3.63) is 107 Å². The molecule has 38 heavy (non-hydrogen) atoms. The van der Waals surface area contributed by atoms with Gasteiger partial charge in [-0.1, -0.05) is 72.8 Å². The summed E-state index contributed by atoms with van der Waals surface area (Å²) in [4.78, 5) is 26.8. The number of hydrogen-bond donors (Lipinski definition) is 1. The monoisotopic (exact) mass is 512 g/mol. The van der Waals surface area contributed by atoms with E-state index in [0.29, 0.717) is 24.3 Å². The van der Waals surface area contributed by atoms with E-state index in [1.165, 1.54) is 16.9 Å². The molecule has 4 atom stereocenters. The van der Waals surface area contributed by atoms with Gasteiger partial charge in [-0.25, -0.2) is 0 Å². The van der Waals surface area contributed by atoms with Crippen molar-refractivity contribution in [1.82, 2.24) is 4.90 Å². The molecule has 6 heteroatoms. The molecule has 0 bridgehead atoms. The van der Waals surface area contributed by atoms with Crippen molar-refractivity contribution >= 4 is 11.8 Å².